The van der Waals surface area contributed by atoms with Crippen molar-refractivity contribution in [3.63, 3.8) is 0 Å². The zero-order valence-electron chi connectivity index (χ0n) is 7.09. The summed E-state index contributed by atoms with van der Waals surface area (Å²) >= 11 is 7.34. The van der Waals surface area contributed by atoms with Crippen LogP contribution in [-0.4, -0.2) is 12.4 Å². The fourth-order valence-corrected chi connectivity index (χ4v) is 1.84. The first-order chi connectivity index (χ1) is 6.24. The van der Waals surface area contributed by atoms with Gasteiger partial charge in [0, 0.05) is 10.6 Å². The van der Waals surface area contributed by atoms with Crippen LogP contribution in [0.3, 0.4) is 0 Å². The summed E-state index contributed by atoms with van der Waals surface area (Å²) in [5.74, 6) is 0.775. The van der Waals surface area contributed by atoms with Crippen LogP contribution in [0.4, 0.5) is 10.1 Å². The molecule has 0 saturated heterocycles. The molecular formula is C9H11ClFNS. The number of hydrogen-bond donors (Lipinski definition) is 1. The van der Waals surface area contributed by atoms with Gasteiger partial charge in [-0.3, -0.25) is 4.39 Å². The molecule has 1 aromatic rings. The van der Waals surface area contributed by atoms with Gasteiger partial charge in [0.25, 0.3) is 0 Å². The number of rotatable bonds is 4. The third-order valence-electron chi connectivity index (χ3n) is 1.51. The van der Waals surface area contributed by atoms with E-state index in [9.17, 15) is 4.39 Å². The molecule has 0 amide bonds. The fourth-order valence-electron chi connectivity index (χ4n) is 0.856. The lowest BCUT2D eigenvalue weighted by Crippen LogP contribution is -1.87. The lowest BCUT2D eigenvalue weighted by molar-refractivity contribution is 0.489. The van der Waals surface area contributed by atoms with Gasteiger partial charge in [-0.2, -0.15) is 0 Å². The summed E-state index contributed by atoms with van der Waals surface area (Å²) in [6.45, 7) is -0.268. The van der Waals surface area contributed by atoms with E-state index in [-0.39, 0.29) is 6.67 Å². The molecule has 0 heterocycles. The summed E-state index contributed by atoms with van der Waals surface area (Å²) in [6.07, 6.45) is 0.577. The Bertz CT molecular complexity index is 280. The molecule has 0 bridgehead atoms. The number of nitrogens with two attached hydrogens (primary N) is 1. The molecule has 1 rings (SSSR count). The molecule has 72 valence electrons. The minimum atomic E-state index is -0.268. The Balaban J connectivity index is 2.53. The summed E-state index contributed by atoms with van der Waals surface area (Å²) in [4.78, 5) is 1.04. The molecule has 0 saturated carbocycles. The zero-order valence-corrected chi connectivity index (χ0v) is 8.67. The third kappa shape index (κ3) is 3.44. The molecule has 0 radical (unpaired) electrons. The monoisotopic (exact) mass is 219 g/mol. The van der Waals surface area contributed by atoms with Crippen LogP contribution in [0.5, 0.6) is 0 Å². The average molecular weight is 220 g/mol. The number of alkyl halides is 1. The SMILES string of the molecule is Nc1cc(SCCCF)ccc1Cl. The van der Waals surface area contributed by atoms with E-state index in [1.165, 1.54) is 0 Å². The number of anilines is 1. The van der Waals surface area contributed by atoms with Gasteiger partial charge in [0.15, 0.2) is 0 Å². The van der Waals surface area contributed by atoms with Crippen molar-refractivity contribution in [2.45, 2.75) is 11.3 Å². The number of halogens is 2. The van der Waals surface area contributed by atoms with Crippen molar-refractivity contribution in [1.82, 2.24) is 0 Å². The van der Waals surface area contributed by atoms with Gasteiger partial charge in [-0.15, -0.1) is 11.8 Å². The van der Waals surface area contributed by atoms with Gasteiger partial charge in [0.05, 0.1) is 17.4 Å². The first kappa shape index (κ1) is 10.7. The van der Waals surface area contributed by atoms with Gasteiger partial charge in [0.1, 0.15) is 0 Å². The Labute approximate surface area is 86.5 Å². The summed E-state index contributed by atoms with van der Waals surface area (Å²) in [5.41, 5.74) is 6.18. The maximum absolute atomic E-state index is 11.8. The molecule has 4 heteroatoms. The molecular weight excluding hydrogens is 209 g/mol. The highest BCUT2D eigenvalue weighted by molar-refractivity contribution is 7.99. The highest BCUT2D eigenvalue weighted by Crippen LogP contribution is 2.26. The Hall–Kier alpha value is -0.410. The van der Waals surface area contributed by atoms with E-state index in [4.69, 9.17) is 17.3 Å². The van der Waals surface area contributed by atoms with E-state index in [1.807, 2.05) is 12.1 Å². The number of hydrogen-bond acceptors (Lipinski definition) is 2. The quantitative estimate of drug-likeness (QED) is 0.477. The van der Waals surface area contributed by atoms with Gasteiger partial charge in [-0.05, 0) is 24.6 Å². The molecule has 1 nitrogen and oxygen atoms in total. The van der Waals surface area contributed by atoms with Crippen LogP contribution in [-0.2, 0) is 0 Å². The van der Waals surface area contributed by atoms with E-state index in [2.05, 4.69) is 0 Å². The molecule has 0 aliphatic rings. The Morgan fingerprint density at radius 1 is 1.46 bits per heavy atom. The van der Waals surface area contributed by atoms with Crippen molar-refractivity contribution in [2.75, 3.05) is 18.2 Å². The molecule has 0 spiro atoms. The van der Waals surface area contributed by atoms with Gasteiger partial charge in [-0.1, -0.05) is 11.6 Å². The molecule has 0 unspecified atom stereocenters. The van der Waals surface area contributed by atoms with Gasteiger partial charge in [-0.25, -0.2) is 0 Å². The normalized spacial score (nSPS) is 10.3. The zero-order chi connectivity index (χ0) is 9.68. The van der Waals surface area contributed by atoms with Crippen molar-refractivity contribution in [3.05, 3.63) is 23.2 Å². The number of thioether (sulfide) groups is 1. The van der Waals surface area contributed by atoms with Crippen LogP contribution >= 0.6 is 23.4 Å². The van der Waals surface area contributed by atoms with Crippen molar-refractivity contribution in [3.8, 4) is 0 Å². The van der Waals surface area contributed by atoms with Crippen LogP contribution in [0.15, 0.2) is 23.1 Å². The molecule has 0 aliphatic carbocycles. The van der Waals surface area contributed by atoms with Crippen molar-refractivity contribution in [1.29, 1.82) is 0 Å². The van der Waals surface area contributed by atoms with Crippen LogP contribution in [0.1, 0.15) is 6.42 Å². The highest BCUT2D eigenvalue weighted by Gasteiger charge is 1.98. The topological polar surface area (TPSA) is 26.0 Å². The maximum Gasteiger partial charge on any atom is 0.0902 e. The second-order valence-corrected chi connectivity index (χ2v) is 4.15. The van der Waals surface area contributed by atoms with E-state index in [0.29, 0.717) is 17.1 Å². The molecule has 0 aromatic heterocycles. The largest absolute Gasteiger partial charge is 0.397 e. The van der Waals surface area contributed by atoms with Crippen molar-refractivity contribution >= 4 is 29.1 Å². The Kier molecular flexibility index (Phi) is 4.39. The van der Waals surface area contributed by atoms with E-state index < -0.39 is 0 Å². The first-order valence-electron chi connectivity index (χ1n) is 3.98. The lowest BCUT2D eigenvalue weighted by Gasteiger charge is -2.02. The second kappa shape index (κ2) is 5.35. The summed E-state index contributed by atoms with van der Waals surface area (Å²) in [7, 11) is 0. The Morgan fingerprint density at radius 2 is 2.23 bits per heavy atom. The highest BCUT2D eigenvalue weighted by atomic mass is 35.5. The van der Waals surface area contributed by atoms with Crippen molar-refractivity contribution in [2.24, 2.45) is 0 Å². The van der Waals surface area contributed by atoms with Crippen LogP contribution < -0.4 is 5.73 Å². The van der Waals surface area contributed by atoms with Crippen LogP contribution in [0, 0.1) is 0 Å². The number of benzene rings is 1. The van der Waals surface area contributed by atoms with E-state index >= 15 is 0 Å². The van der Waals surface area contributed by atoms with Crippen molar-refractivity contribution < 1.29 is 4.39 Å². The standard InChI is InChI=1S/C9H11ClFNS/c10-8-3-2-7(6-9(8)12)13-5-1-4-11/h2-3,6H,1,4-5,12H2. The van der Waals surface area contributed by atoms with Gasteiger partial charge < -0.3 is 5.73 Å². The van der Waals surface area contributed by atoms with E-state index in [1.54, 1.807) is 17.8 Å². The molecule has 1 aromatic carbocycles. The summed E-state index contributed by atoms with van der Waals surface area (Å²) in [6, 6.07) is 5.46. The Morgan fingerprint density at radius 3 is 2.85 bits per heavy atom. The summed E-state index contributed by atoms with van der Waals surface area (Å²) in [5, 5.41) is 0.565. The van der Waals surface area contributed by atoms with E-state index in [0.717, 1.165) is 10.6 Å². The average Bonchev–Trinajstić information content (AvgIpc) is 2.12. The maximum atomic E-state index is 11.8. The third-order valence-corrected chi connectivity index (χ3v) is 2.94. The fraction of sp³-hybridized carbons (Fsp3) is 0.333. The minimum absolute atomic E-state index is 0.268. The first-order valence-corrected chi connectivity index (χ1v) is 5.34. The molecule has 0 aliphatic heterocycles. The molecule has 2 N–H and O–H groups in total. The predicted molar refractivity (Wildman–Crippen MR) is 57.2 cm³/mol. The smallest absolute Gasteiger partial charge is 0.0902 e. The molecule has 0 fully saturated rings. The van der Waals surface area contributed by atoms with Crippen LogP contribution in [0.25, 0.3) is 0 Å². The second-order valence-electron chi connectivity index (χ2n) is 2.57. The van der Waals surface area contributed by atoms with Crippen LogP contribution in [0.2, 0.25) is 5.02 Å². The number of nitrogen functional groups attached to an aromatic ring is 1. The minimum Gasteiger partial charge on any atom is -0.397 e. The predicted octanol–water partition coefficient (Wildman–Crippen LogP) is 3.37. The lowest BCUT2D eigenvalue weighted by atomic mass is 10.3. The summed E-state index contributed by atoms with van der Waals surface area (Å²) < 4.78 is 11.8. The molecule has 0 atom stereocenters. The van der Waals surface area contributed by atoms with Gasteiger partial charge >= 0.3 is 0 Å². The molecule has 13 heavy (non-hydrogen) atoms. The van der Waals surface area contributed by atoms with Gasteiger partial charge in [0.2, 0.25) is 0 Å².